The maximum atomic E-state index is 5.99. The van der Waals surface area contributed by atoms with Crippen molar-refractivity contribution in [2.75, 3.05) is 18.5 Å². The Balaban J connectivity index is 1.94. The highest BCUT2D eigenvalue weighted by Gasteiger charge is 2.20. The first-order valence-electron chi connectivity index (χ1n) is 6.35. The van der Waals surface area contributed by atoms with E-state index in [1.54, 1.807) is 6.33 Å². The molecule has 1 heterocycles. The number of hydrogen-bond donors (Lipinski definition) is 0. The molecule has 0 amide bonds. The fourth-order valence-electron chi connectivity index (χ4n) is 2.47. The van der Waals surface area contributed by atoms with E-state index in [0.29, 0.717) is 5.02 Å². The predicted molar refractivity (Wildman–Crippen MR) is 75.2 cm³/mol. The molecule has 3 rings (SSSR count). The standard InChI is InChI=1S/C14H16ClN3/c1-18(8-10-3-2-4-10)14-12-6-5-11(15)7-13(12)16-9-17-14/h5-7,9-10H,2-4,8H2,1H3. The number of anilines is 1. The number of fused-ring (bicyclic) bond motifs is 1. The van der Waals surface area contributed by atoms with Crippen LogP contribution < -0.4 is 4.90 Å². The van der Waals surface area contributed by atoms with Gasteiger partial charge in [0.1, 0.15) is 12.1 Å². The first-order valence-corrected chi connectivity index (χ1v) is 6.73. The normalized spacial score (nSPS) is 15.7. The smallest absolute Gasteiger partial charge is 0.139 e. The third-order valence-corrected chi connectivity index (χ3v) is 3.93. The van der Waals surface area contributed by atoms with E-state index in [2.05, 4.69) is 21.9 Å². The van der Waals surface area contributed by atoms with Crippen molar-refractivity contribution in [2.45, 2.75) is 19.3 Å². The van der Waals surface area contributed by atoms with E-state index in [0.717, 1.165) is 29.2 Å². The molecule has 4 heteroatoms. The summed E-state index contributed by atoms with van der Waals surface area (Å²) in [4.78, 5) is 10.9. The average molecular weight is 262 g/mol. The molecule has 1 aromatic carbocycles. The summed E-state index contributed by atoms with van der Waals surface area (Å²) < 4.78 is 0. The van der Waals surface area contributed by atoms with Crippen LogP contribution in [0.15, 0.2) is 24.5 Å². The predicted octanol–water partition coefficient (Wildman–Crippen LogP) is 3.52. The molecule has 3 nitrogen and oxygen atoms in total. The summed E-state index contributed by atoms with van der Waals surface area (Å²) in [5.41, 5.74) is 0.910. The Labute approximate surface area is 112 Å². The van der Waals surface area contributed by atoms with Gasteiger partial charge in [0.05, 0.1) is 5.52 Å². The van der Waals surface area contributed by atoms with Gasteiger partial charge < -0.3 is 4.90 Å². The van der Waals surface area contributed by atoms with E-state index < -0.39 is 0 Å². The van der Waals surface area contributed by atoms with Crippen LogP contribution in [0.5, 0.6) is 0 Å². The van der Waals surface area contributed by atoms with Gasteiger partial charge in [-0.3, -0.25) is 0 Å². The van der Waals surface area contributed by atoms with Crippen molar-refractivity contribution in [3.8, 4) is 0 Å². The SMILES string of the molecule is CN(CC1CCC1)c1ncnc2cc(Cl)ccc12. The zero-order chi connectivity index (χ0) is 12.5. The molecule has 1 aliphatic carbocycles. The Morgan fingerprint density at radius 3 is 2.89 bits per heavy atom. The molecule has 0 unspecified atom stereocenters. The molecule has 1 fully saturated rings. The quantitative estimate of drug-likeness (QED) is 0.847. The van der Waals surface area contributed by atoms with Gasteiger partial charge in [-0.1, -0.05) is 18.0 Å². The van der Waals surface area contributed by atoms with Gasteiger partial charge in [0.25, 0.3) is 0 Å². The van der Waals surface area contributed by atoms with Crippen LogP contribution in [0.3, 0.4) is 0 Å². The largest absolute Gasteiger partial charge is 0.359 e. The number of nitrogens with zero attached hydrogens (tertiary/aromatic N) is 3. The Kier molecular flexibility index (Phi) is 3.08. The Morgan fingerprint density at radius 1 is 1.33 bits per heavy atom. The van der Waals surface area contributed by atoms with Gasteiger partial charge in [-0.2, -0.15) is 0 Å². The highest BCUT2D eigenvalue weighted by atomic mass is 35.5. The molecule has 0 atom stereocenters. The molecule has 1 aliphatic rings. The van der Waals surface area contributed by atoms with E-state index in [9.17, 15) is 0 Å². The van der Waals surface area contributed by atoms with Gasteiger partial charge in [0.15, 0.2) is 0 Å². The van der Waals surface area contributed by atoms with Crippen LogP contribution in [0.25, 0.3) is 10.9 Å². The fourth-order valence-corrected chi connectivity index (χ4v) is 2.64. The van der Waals surface area contributed by atoms with Crippen LogP contribution in [0, 0.1) is 5.92 Å². The molecule has 18 heavy (non-hydrogen) atoms. The summed E-state index contributed by atoms with van der Waals surface area (Å²) >= 11 is 5.99. The van der Waals surface area contributed by atoms with Crippen molar-refractivity contribution in [3.05, 3.63) is 29.5 Å². The van der Waals surface area contributed by atoms with Crippen molar-refractivity contribution in [1.82, 2.24) is 9.97 Å². The van der Waals surface area contributed by atoms with Gasteiger partial charge in [-0.15, -0.1) is 0 Å². The van der Waals surface area contributed by atoms with Crippen molar-refractivity contribution in [3.63, 3.8) is 0 Å². The van der Waals surface area contributed by atoms with Crippen LogP contribution >= 0.6 is 11.6 Å². The van der Waals surface area contributed by atoms with Crippen LogP contribution in [0.2, 0.25) is 5.02 Å². The molecule has 2 aromatic rings. The van der Waals surface area contributed by atoms with E-state index in [1.165, 1.54) is 19.3 Å². The van der Waals surface area contributed by atoms with Crippen molar-refractivity contribution in [1.29, 1.82) is 0 Å². The second-order valence-corrected chi connectivity index (χ2v) is 5.47. The zero-order valence-electron chi connectivity index (χ0n) is 10.4. The molecular weight excluding hydrogens is 246 g/mol. The summed E-state index contributed by atoms with van der Waals surface area (Å²) in [6, 6.07) is 5.79. The number of aromatic nitrogens is 2. The molecule has 0 bridgehead atoms. The molecule has 0 radical (unpaired) electrons. The first-order chi connectivity index (χ1) is 8.74. The van der Waals surface area contributed by atoms with Gasteiger partial charge in [0, 0.05) is 24.0 Å². The molecule has 0 N–H and O–H groups in total. The number of rotatable bonds is 3. The van der Waals surface area contributed by atoms with Gasteiger partial charge in [-0.25, -0.2) is 9.97 Å². The van der Waals surface area contributed by atoms with Gasteiger partial charge in [-0.05, 0) is 37.0 Å². The Morgan fingerprint density at radius 2 is 2.17 bits per heavy atom. The van der Waals surface area contributed by atoms with Crippen LogP contribution in [-0.4, -0.2) is 23.6 Å². The highest BCUT2D eigenvalue weighted by molar-refractivity contribution is 6.31. The second kappa shape index (κ2) is 4.73. The van der Waals surface area contributed by atoms with Crippen LogP contribution in [0.4, 0.5) is 5.82 Å². The lowest BCUT2D eigenvalue weighted by Gasteiger charge is -2.31. The van der Waals surface area contributed by atoms with E-state index in [1.807, 2.05) is 18.2 Å². The van der Waals surface area contributed by atoms with E-state index in [4.69, 9.17) is 11.6 Å². The summed E-state index contributed by atoms with van der Waals surface area (Å²) in [5, 5.41) is 1.79. The minimum absolute atomic E-state index is 0.716. The Bertz CT molecular complexity index is 566. The lowest BCUT2D eigenvalue weighted by molar-refractivity contribution is 0.321. The minimum Gasteiger partial charge on any atom is -0.359 e. The summed E-state index contributed by atoms with van der Waals surface area (Å²) in [5.74, 6) is 1.83. The minimum atomic E-state index is 0.716. The molecule has 1 saturated carbocycles. The molecule has 0 saturated heterocycles. The molecule has 0 spiro atoms. The maximum Gasteiger partial charge on any atom is 0.139 e. The topological polar surface area (TPSA) is 29.0 Å². The molecular formula is C14H16ClN3. The third-order valence-electron chi connectivity index (χ3n) is 3.70. The van der Waals surface area contributed by atoms with Crippen LogP contribution in [0.1, 0.15) is 19.3 Å². The fraction of sp³-hybridized carbons (Fsp3) is 0.429. The second-order valence-electron chi connectivity index (χ2n) is 5.04. The van der Waals surface area contributed by atoms with Crippen LogP contribution in [-0.2, 0) is 0 Å². The monoisotopic (exact) mass is 261 g/mol. The van der Waals surface area contributed by atoms with Gasteiger partial charge in [0.2, 0.25) is 0 Å². The number of halogens is 1. The highest BCUT2D eigenvalue weighted by Crippen LogP contribution is 2.30. The number of hydrogen-bond acceptors (Lipinski definition) is 3. The Hall–Kier alpha value is -1.35. The van der Waals surface area contributed by atoms with E-state index in [-0.39, 0.29) is 0 Å². The van der Waals surface area contributed by atoms with Crippen molar-refractivity contribution >= 4 is 28.3 Å². The van der Waals surface area contributed by atoms with E-state index >= 15 is 0 Å². The summed E-state index contributed by atoms with van der Waals surface area (Å²) in [6.07, 6.45) is 5.68. The van der Waals surface area contributed by atoms with Crippen molar-refractivity contribution in [2.24, 2.45) is 5.92 Å². The first kappa shape index (κ1) is 11.7. The number of benzene rings is 1. The lowest BCUT2D eigenvalue weighted by atomic mass is 9.85. The summed E-state index contributed by atoms with van der Waals surface area (Å²) in [7, 11) is 2.11. The molecule has 1 aromatic heterocycles. The van der Waals surface area contributed by atoms with Crippen molar-refractivity contribution < 1.29 is 0 Å². The molecule has 0 aliphatic heterocycles. The zero-order valence-corrected chi connectivity index (χ0v) is 11.2. The third kappa shape index (κ3) is 2.15. The van der Waals surface area contributed by atoms with Gasteiger partial charge >= 0.3 is 0 Å². The summed E-state index contributed by atoms with van der Waals surface area (Å²) in [6.45, 7) is 1.08. The maximum absolute atomic E-state index is 5.99. The molecule has 94 valence electrons. The average Bonchev–Trinajstić information content (AvgIpc) is 2.32. The lowest BCUT2D eigenvalue weighted by Crippen LogP contribution is -2.30.